The number of halogens is 1. The molecule has 5 heteroatoms. The van der Waals surface area contributed by atoms with Gasteiger partial charge >= 0.3 is 0 Å². The molecule has 1 aromatic heterocycles. The zero-order valence-corrected chi connectivity index (χ0v) is 10.1. The number of hydrogen-bond donors (Lipinski definition) is 0. The lowest BCUT2D eigenvalue weighted by atomic mass is 10.1. The van der Waals surface area contributed by atoms with Crippen LogP contribution in [-0.2, 0) is 6.42 Å². The summed E-state index contributed by atoms with van der Waals surface area (Å²) in [6.07, 6.45) is 2.15. The lowest BCUT2D eigenvalue weighted by molar-refractivity contribution is 0.384. The summed E-state index contributed by atoms with van der Waals surface area (Å²) in [7, 11) is 1.46. The molecule has 2 rings (SSSR count). The number of hydrogen-bond acceptors (Lipinski definition) is 3. The van der Waals surface area contributed by atoms with Gasteiger partial charge in [-0.05, 0) is 25.5 Å². The maximum Gasteiger partial charge on any atom is 0.170 e. The van der Waals surface area contributed by atoms with E-state index in [1.54, 1.807) is 30.1 Å². The second-order valence-corrected chi connectivity index (χ2v) is 3.67. The van der Waals surface area contributed by atoms with Crippen LogP contribution in [0.25, 0.3) is 5.69 Å². The van der Waals surface area contributed by atoms with Gasteiger partial charge in [0.25, 0.3) is 0 Å². The Labute approximate surface area is 99.1 Å². The molecule has 0 spiro atoms. The Kier molecular flexibility index (Phi) is 3.08. The van der Waals surface area contributed by atoms with E-state index < -0.39 is 0 Å². The fourth-order valence-corrected chi connectivity index (χ4v) is 1.76. The Morgan fingerprint density at radius 3 is 2.71 bits per heavy atom. The van der Waals surface area contributed by atoms with Crippen molar-refractivity contribution < 1.29 is 9.13 Å². The van der Waals surface area contributed by atoms with Crippen LogP contribution in [0.3, 0.4) is 0 Å². The Bertz CT molecular complexity index is 537. The third-order valence-corrected chi connectivity index (χ3v) is 2.61. The summed E-state index contributed by atoms with van der Waals surface area (Å²) in [5, 5.41) is 4.18. The van der Waals surface area contributed by atoms with Crippen molar-refractivity contribution in [2.24, 2.45) is 0 Å². The average Bonchev–Trinajstić information content (AvgIpc) is 2.75. The standard InChI is InChI=1S/C12H14FN3O/c1-4-9-10(16-7-14-8(2)15-16)5-6-11(17-3)12(9)13/h5-7H,4H2,1-3H3. The number of benzene rings is 1. The first kappa shape index (κ1) is 11.6. The van der Waals surface area contributed by atoms with Gasteiger partial charge in [0.1, 0.15) is 12.2 Å². The average molecular weight is 235 g/mol. The molecule has 0 radical (unpaired) electrons. The fourth-order valence-electron chi connectivity index (χ4n) is 1.76. The smallest absolute Gasteiger partial charge is 0.170 e. The quantitative estimate of drug-likeness (QED) is 0.819. The third kappa shape index (κ3) is 2.00. The molecular weight excluding hydrogens is 221 g/mol. The van der Waals surface area contributed by atoms with Crippen molar-refractivity contribution in [3.63, 3.8) is 0 Å². The molecule has 1 aromatic carbocycles. The van der Waals surface area contributed by atoms with Gasteiger partial charge in [0.05, 0.1) is 12.8 Å². The normalized spacial score (nSPS) is 10.6. The van der Waals surface area contributed by atoms with Gasteiger partial charge in [-0.2, -0.15) is 5.10 Å². The minimum Gasteiger partial charge on any atom is -0.494 e. The maximum absolute atomic E-state index is 14.0. The number of methoxy groups -OCH3 is 1. The van der Waals surface area contributed by atoms with Gasteiger partial charge < -0.3 is 4.74 Å². The van der Waals surface area contributed by atoms with Crippen LogP contribution < -0.4 is 4.74 Å². The minimum atomic E-state index is -0.333. The van der Waals surface area contributed by atoms with Gasteiger partial charge in [-0.3, -0.25) is 0 Å². The van der Waals surface area contributed by atoms with E-state index in [-0.39, 0.29) is 11.6 Å². The van der Waals surface area contributed by atoms with Gasteiger partial charge in [0, 0.05) is 5.56 Å². The number of ether oxygens (including phenoxy) is 1. The van der Waals surface area contributed by atoms with Crippen molar-refractivity contribution >= 4 is 0 Å². The van der Waals surface area contributed by atoms with Crippen molar-refractivity contribution in [3.8, 4) is 11.4 Å². The number of nitrogens with zero attached hydrogens (tertiary/aromatic N) is 3. The molecule has 1 heterocycles. The lowest BCUT2D eigenvalue weighted by Gasteiger charge is -2.11. The van der Waals surface area contributed by atoms with Gasteiger partial charge in [0.15, 0.2) is 11.6 Å². The summed E-state index contributed by atoms with van der Waals surface area (Å²) < 4.78 is 20.6. The molecule has 0 saturated carbocycles. The highest BCUT2D eigenvalue weighted by Crippen LogP contribution is 2.26. The molecule has 17 heavy (non-hydrogen) atoms. The van der Waals surface area contributed by atoms with Crippen molar-refractivity contribution in [3.05, 3.63) is 35.7 Å². The second-order valence-electron chi connectivity index (χ2n) is 3.67. The Morgan fingerprint density at radius 2 is 2.18 bits per heavy atom. The van der Waals surface area contributed by atoms with E-state index in [0.717, 1.165) is 0 Å². The molecule has 0 fully saturated rings. The molecule has 0 unspecified atom stereocenters. The van der Waals surface area contributed by atoms with E-state index in [1.165, 1.54) is 7.11 Å². The maximum atomic E-state index is 14.0. The van der Waals surface area contributed by atoms with E-state index >= 15 is 0 Å². The first-order valence-electron chi connectivity index (χ1n) is 5.41. The molecule has 0 aliphatic carbocycles. The van der Waals surface area contributed by atoms with Crippen LogP contribution in [0.5, 0.6) is 5.75 Å². The predicted octanol–water partition coefficient (Wildman–Crippen LogP) is 2.29. The Hall–Kier alpha value is -1.91. The van der Waals surface area contributed by atoms with Gasteiger partial charge in [0.2, 0.25) is 0 Å². The van der Waals surface area contributed by atoms with Crippen molar-refractivity contribution in [1.82, 2.24) is 14.8 Å². The van der Waals surface area contributed by atoms with Gasteiger partial charge in [-0.15, -0.1) is 0 Å². The number of aryl methyl sites for hydroxylation is 1. The second kappa shape index (κ2) is 4.53. The van der Waals surface area contributed by atoms with Crippen LogP contribution in [-0.4, -0.2) is 21.9 Å². The van der Waals surface area contributed by atoms with Crippen LogP contribution in [0.4, 0.5) is 4.39 Å². The van der Waals surface area contributed by atoms with Crippen molar-refractivity contribution in [2.75, 3.05) is 7.11 Å². The molecule has 90 valence electrons. The van der Waals surface area contributed by atoms with Crippen molar-refractivity contribution in [2.45, 2.75) is 20.3 Å². The molecule has 0 N–H and O–H groups in total. The molecule has 0 amide bonds. The van der Waals surface area contributed by atoms with Crippen LogP contribution >= 0.6 is 0 Å². The van der Waals surface area contributed by atoms with Crippen LogP contribution in [0.15, 0.2) is 18.5 Å². The monoisotopic (exact) mass is 235 g/mol. The molecule has 0 saturated heterocycles. The predicted molar refractivity (Wildman–Crippen MR) is 62.0 cm³/mol. The molecule has 0 aliphatic heterocycles. The zero-order valence-electron chi connectivity index (χ0n) is 10.1. The minimum absolute atomic E-state index is 0.252. The summed E-state index contributed by atoms with van der Waals surface area (Å²) in [5.41, 5.74) is 1.28. The molecule has 0 aliphatic rings. The zero-order chi connectivity index (χ0) is 12.4. The molecular formula is C12H14FN3O. The van der Waals surface area contributed by atoms with E-state index in [9.17, 15) is 4.39 Å². The number of aromatic nitrogens is 3. The first-order chi connectivity index (χ1) is 8.17. The topological polar surface area (TPSA) is 39.9 Å². The first-order valence-corrected chi connectivity index (χ1v) is 5.41. The third-order valence-electron chi connectivity index (χ3n) is 2.61. The molecule has 0 atom stereocenters. The van der Waals surface area contributed by atoms with E-state index in [4.69, 9.17) is 4.74 Å². The highest BCUT2D eigenvalue weighted by molar-refractivity contribution is 5.46. The number of rotatable bonds is 3. The molecule has 4 nitrogen and oxygen atoms in total. The lowest BCUT2D eigenvalue weighted by Crippen LogP contribution is -2.04. The van der Waals surface area contributed by atoms with Gasteiger partial charge in [-0.25, -0.2) is 14.1 Å². The van der Waals surface area contributed by atoms with Crippen LogP contribution in [0, 0.1) is 12.7 Å². The molecule has 0 bridgehead atoms. The highest BCUT2D eigenvalue weighted by Gasteiger charge is 2.14. The van der Waals surface area contributed by atoms with E-state index in [2.05, 4.69) is 10.1 Å². The van der Waals surface area contributed by atoms with Crippen LogP contribution in [0.2, 0.25) is 0 Å². The summed E-state index contributed by atoms with van der Waals surface area (Å²) >= 11 is 0. The van der Waals surface area contributed by atoms with E-state index in [1.807, 2.05) is 6.92 Å². The summed E-state index contributed by atoms with van der Waals surface area (Å²) in [6, 6.07) is 3.38. The largest absolute Gasteiger partial charge is 0.494 e. The SMILES string of the molecule is CCc1c(-n2cnc(C)n2)ccc(OC)c1F. The summed E-state index contributed by atoms with van der Waals surface area (Å²) in [6.45, 7) is 3.69. The molecule has 2 aromatic rings. The summed E-state index contributed by atoms with van der Waals surface area (Å²) in [5.74, 6) is 0.575. The van der Waals surface area contributed by atoms with E-state index in [0.29, 0.717) is 23.5 Å². The van der Waals surface area contributed by atoms with Crippen LogP contribution in [0.1, 0.15) is 18.3 Å². The van der Waals surface area contributed by atoms with Crippen molar-refractivity contribution in [1.29, 1.82) is 0 Å². The summed E-state index contributed by atoms with van der Waals surface area (Å²) in [4.78, 5) is 4.04. The fraction of sp³-hybridized carbons (Fsp3) is 0.333. The Morgan fingerprint density at radius 1 is 1.41 bits per heavy atom. The van der Waals surface area contributed by atoms with Gasteiger partial charge in [-0.1, -0.05) is 6.92 Å². The Balaban J connectivity index is 2.58. The highest BCUT2D eigenvalue weighted by atomic mass is 19.1.